The SMILES string of the molecule is CCc1c(-c2ccco2)[nH]cnc1=S. The number of nitrogens with zero attached hydrogens (tertiary/aromatic N) is 1. The van der Waals surface area contributed by atoms with E-state index in [1.54, 1.807) is 12.6 Å². The lowest BCUT2D eigenvalue weighted by atomic mass is 10.1. The zero-order valence-corrected chi connectivity index (χ0v) is 8.60. The van der Waals surface area contributed by atoms with Crippen LogP contribution in [0.1, 0.15) is 12.5 Å². The molecule has 0 unspecified atom stereocenters. The number of hydrogen-bond donors (Lipinski definition) is 1. The molecule has 1 N–H and O–H groups in total. The Kier molecular flexibility index (Phi) is 2.45. The lowest BCUT2D eigenvalue weighted by Crippen LogP contribution is -1.93. The van der Waals surface area contributed by atoms with Crippen LogP contribution >= 0.6 is 12.2 Å². The van der Waals surface area contributed by atoms with Crippen molar-refractivity contribution in [2.75, 3.05) is 0 Å². The highest BCUT2D eigenvalue weighted by atomic mass is 32.1. The molecule has 0 radical (unpaired) electrons. The predicted octanol–water partition coefficient (Wildman–Crippen LogP) is 2.96. The summed E-state index contributed by atoms with van der Waals surface area (Å²) in [7, 11) is 0. The Hall–Kier alpha value is -1.42. The number of nitrogens with one attached hydrogen (secondary N) is 1. The number of rotatable bonds is 2. The highest BCUT2D eigenvalue weighted by Gasteiger charge is 2.07. The van der Waals surface area contributed by atoms with Crippen molar-refractivity contribution in [1.29, 1.82) is 0 Å². The fourth-order valence-corrected chi connectivity index (χ4v) is 1.70. The number of H-pyrrole nitrogens is 1. The maximum Gasteiger partial charge on any atom is 0.150 e. The molecule has 0 saturated heterocycles. The van der Waals surface area contributed by atoms with Gasteiger partial charge in [-0.25, -0.2) is 4.98 Å². The first kappa shape index (κ1) is 9.15. The Morgan fingerprint density at radius 3 is 3.07 bits per heavy atom. The van der Waals surface area contributed by atoms with Gasteiger partial charge >= 0.3 is 0 Å². The van der Waals surface area contributed by atoms with Gasteiger partial charge < -0.3 is 9.40 Å². The highest BCUT2D eigenvalue weighted by Crippen LogP contribution is 2.21. The largest absolute Gasteiger partial charge is 0.463 e. The van der Waals surface area contributed by atoms with Crippen LogP contribution in [0.5, 0.6) is 0 Å². The van der Waals surface area contributed by atoms with Gasteiger partial charge in [-0.05, 0) is 18.6 Å². The zero-order valence-electron chi connectivity index (χ0n) is 7.78. The van der Waals surface area contributed by atoms with Crippen molar-refractivity contribution in [2.45, 2.75) is 13.3 Å². The third-order valence-corrected chi connectivity index (χ3v) is 2.42. The van der Waals surface area contributed by atoms with E-state index in [9.17, 15) is 0 Å². The van der Waals surface area contributed by atoms with Crippen LogP contribution in [0.3, 0.4) is 0 Å². The molecule has 0 saturated carbocycles. The maximum absolute atomic E-state index is 5.31. The van der Waals surface area contributed by atoms with E-state index >= 15 is 0 Å². The van der Waals surface area contributed by atoms with Crippen LogP contribution < -0.4 is 0 Å². The summed E-state index contributed by atoms with van der Waals surface area (Å²) in [5.41, 5.74) is 1.95. The van der Waals surface area contributed by atoms with Gasteiger partial charge in [0.15, 0.2) is 0 Å². The fraction of sp³-hybridized carbons (Fsp3) is 0.200. The number of hydrogen-bond acceptors (Lipinski definition) is 3. The minimum Gasteiger partial charge on any atom is -0.463 e. The summed E-state index contributed by atoms with van der Waals surface area (Å²) in [5, 5.41) is 0. The van der Waals surface area contributed by atoms with Gasteiger partial charge in [0.2, 0.25) is 0 Å². The first-order valence-corrected chi connectivity index (χ1v) is 4.84. The van der Waals surface area contributed by atoms with Crippen molar-refractivity contribution in [3.8, 4) is 11.5 Å². The number of aromatic amines is 1. The molecule has 0 aromatic carbocycles. The molecule has 0 fully saturated rings. The molecule has 4 heteroatoms. The molecule has 72 valence electrons. The van der Waals surface area contributed by atoms with Gasteiger partial charge in [-0.1, -0.05) is 19.1 Å². The van der Waals surface area contributed by atoms with Gasteiger partial charge in [-0.15, -0.1) is 0 Å². The number of furan rings is 1. The van der Waals surface area contributed by atoms with Gasteiger partial charge in [0, 0.05) is 5.56 Å². The Morgan fingerprint density at radius 2 is 2.43 bits per heavy atom. The second kappa shape index (κ2) is 3.75. The van der Waals surface area contributed by atoms with Crippen molar-refractivity contribution in [2.24, 2.45) is 0 Å². The van der Waals surface area contributed by atoms with Crippen LogP contribution in [0.25, 0.3) is 11.5 Å². The molecule has 0 atom stereocenters. The molecule has 0 aliphatic heterocycles. The first-order chi connectivity index (χ1) is 6.83. The molecule has 0 aliphatic carbocycles. The van der Waals surface area contributed by atoms with Crippen molar-refractivity contribution in [3.63, 3.8) is 0 Å². The van der Waals surface area contributed by atoms with Crippen LogP contribution in [-0.4, -0.2) is 9.97 Å². The lowest BCUT2D eigenvalue weighted by molar-refractivity contribution is 0.578. The minimum atomic E-state index is 0.637. The zero-order chi connectivity index (χ0) is 9.97. The van der Waals surface area contributed by atoms with Gasteiger partial charge in [0.05, 0.1) is 18.3 Å². The molecule has 0 bridgehead atoms. The first-order valence-electron chi connectivity index (χ1n) is 4.43. The van der Waals surface area contributed by atoms with Gasteiger partial charge in [0.25, 0.3) is 0 Å². The molecule has 14 heavy (non-hydrogen) atoms. The second-order valence-corrected chi connectivity index (χ2v) is 3.28. The van der Waals surface area contributed by atoms with E-state index in [1.807, 2.05) is 19.1 Å². The summed E-state index contributed by atoms with van der Waals surface area (Å²) in [4.78, 5) is 7.10. The summed E-state index contributed by atoms with van der Waals surface area (Å²) in [6.45, 7) is 2.05. The Morgan fingerprint density at radius 1 is 1.57 bits per heavy atom. The topological polar surface area (TPSA) is 41.8 Å². The lowest BCUT2D eigenvalue weighted by Gasteiger charge is -2.03. The molecule has 3 nitrogen and oxygen atoms in total. The molecule has 0 spiro atoms. The van der Waals surface area contributed by atoms with Gasteiger partial charge in [-0.3, -0.25) is 0 Å². The molecule has 2 rings (SSSR count). The van der Waals surface area contributed by atoms with Gasteiger partial charge in [0.1, 0.15) is 10.4 Å². The molecule has 2 aromatic rings. The van der Waals surface area contributed by atoms with E-state index in [2.05, 4.69) is 9.97 Å². The van der Waals surface area contributed by atoms with Crippen molar-refractivity contribution >= 4 is 12.2 Å². The molecule has 0 aliphatic rings. The van der Waals surface area contributed by atoms with Crippen LogP contribution in [0.15, 0.2) is 29.1 Å². The summed E-state index contributed by atoms with van der Waals surface area (Å²) in [5.74, 6) is 0.801. The highest BCUT2D eigenvalue weighted by molar-refractivity contribution is 7.71. The van der Waals surface area contributed by atoms with Crippen molar-refractivity contribution in [3.05, 3.63) is 34.9 Å². The average molecular weight is 206 g/mol. The van der Waals surface area contributed by atoms with E-state index in [-0.39, 0.29) is 0 Å². The van der Waals surface area contributed by atoms with Crippen LogP contribution in [0, 0.1) is 4.64 Å². The Bertz CT molecular complexity index is 473. The smallest absolute Gasteiger partial charge is 0.150 e. The van der Waals surface area contributed by atoms with E-state index in [1.165, 1.54) is 0 Å². The third-order valence-electron chi connectivity index (χ3n) is 2.07. The maximum atomic E-state index is 5.31. The molecular weight excluding hydrogens is 196 g/mol. The molecule has 0 amide bonds. The van der Waals surface area contributed by atoms with E-state index in [0.29, 0.717) is 4.64 Å². The molecule has 2 heterocycles. The fourth-order valence-electron chi connectivity index (χ4n) is 1.40. The van der Waals surface area contributed by atoms with Crippen molar-refractivity contribution in [1.82, 2.24) is 9.97 Å². The summed E-state index contributed by atoms with van der Waals surface area (Å²) in [6, 6.07) is 3.76. The standard InChI is InChI=1S/C10H10N2OS/c1-2-7-9(8-4-3-5-13-8)11-6-12-10(7)14/h3-6H,2H2,1H3,(H,11,12,14). The monoisotopic (exact) mass is 206 g/mol. The van der Waals surface area contributed by atoms with Crippen LogP contribution in [-0.2, 0) is 6.42 Å². The normalized spacial score (nSPS) is 10.4. The van der Waals surface area contributed by atoms with Crippen LogP contribution in [0.4, 0.5) is 0 Å². The number of aromatic nitrogens is 2. The second-order valence-electron chi connectivity index (χ2n) is 2.89. The Labute approximate surface area is 86.8 Å². The third kappa shape index (κ3) is 1.48. The van der Waals surface area contributed by atoms with Gasteiger partial charge in [-0.2, -0.15) is 0 Å². The summed E-state index contributed by atoms with van der Waals surface area (Å²) in [6.07, 6.45) is 4.09. The van der Waals surface area contributed by atoms with Crippen molar-refractivity contribution < 1.29 is 4.42 Å². The van der Waals surface area contributed by atoms with E-state index < -0.39 is 0 Å². The predicted molar refractivity (Wildman–Crippen MR) is 56.5 cm³/mol. The van der Waals surface area contributed by atoms with E-state index in [0.717, 1.165) is 23.4 Å². The van der Waals surface area contributed by atoms with E-state index in [4.69, 9.17) is 16.6 Å². The Balaban J connectivity index is 2.64. The quantitative estimate of drug-likeness (QED) is 0.768. The summed E-state index contributed by atoms with van der Waals surface area (Å²) >= 11 is 5.14. The average Bonchev–Trinajstić information content (AvgIpc) is 2.70. The van der Waals surface area contributed by atoms with Crippen LogP contribution in [0.2, 0.25) is 0 Å². The summed E-state index contributed by atoms with van der Waals surface area (Å²) < 4.78 is 5.95. The minimum absolute atomic E-state index is 0.637. The molecular formula is C10H10N2OS. The molecule has 2 aromatic heterocycles.